The Balaban J connectivity index is 2.23. The van der Waals surface area contributed by atoms with E-state index < -0.39 is 0 Å². The van der Waals surface area contributed by atoms with E-state index in [9.17, 15) is 9.59 Å². The molecule has 0 aliphatic carbocycles. The molecule has 0 aliphatic heterocycles. The van der Waals surface area contributed by atoms with Gasteiger partial charge >= 0.3 is 0 Å². The molecule has 2 rings (SSSR count). The van der Waals surface area contributed by atoms with Crippen molar-refractivity contribution in [3.8, 4) is 5.75 Å². The van der Waals surface area contributed by atoms with E-state index in [0.29, 0.717) is 16.9 Å². The predicted octanol–water partition coefficient (Wildman–Crippen LogP) is 2.07. The van der Waals surface area contributed by atoms with E-state index in [1.165, 1.54) is 14.0 Å². The molecule has 0 bridgehead atoms. The molecule has 20 heavy (non-hydrogen) atoms. The zero-order chi connectivity index (χ0) is 14.5. The van der Waals surface area contributed by atoms with Crippen molar-refractivity contribution in [2.24, 2.45) is 0 Å². The maximum absolute atomic E-state index is 12.3. The van der Waals surface area contributed by atoms with Crippen LogP contribution < -0.4 is 9.30 Å². The zero-order valence-corrected chi connectivity index (χ0v) is 11.5. The summed E-state index contributed by atoms with van der Waals surface area (Å²) in [6.07, 6.45) is 3.44. The van der Waals surface area contributed by atoms with Crippen molar-refractivity contribution in [3.05, 3.63) is 59.9 Å². The number of nitrogens with zero attached hydrogens (tertiary/aromatic N) is 1. The Kier molecular flexibility index (Phi) is 4.25. The van der Waals surface area contributed by atoms with Gasteiger partial charge in [-0.2, -0.15) is 4.57 Å². The maximum atomic E-state index is 12.3. The Morgan fingerprint density at radius 2 is 1.90 bits per heavy atom. The van der Waals surface area contributed by atoms with Crippen LogP contribution in [0.4, 0.5) is 0 Å². The minimum absolute atomic E-state index is 0.0240. The summed E-state index contributed by atoms with van der Waals surface area (Å²) in [7, 11) is 1.54. The molecule has 1 aromatic heterocycles. The number of hydrogen-bond acceptors (Lipinski definition) is 3. The van der Waals surface area contributed by atoms with Crippen molar-refractivity contribution in [3.63, 3.8) is 0 Å². The number of benzene rings is 1. The molecule has 0 amide bonds. The molecule has 4 heteroatoms. The highest BCUT2D eigenvalue weighted by molar-refractivity contribution is 5.97. The van der Waals surface area contributed by atoms with Crippen molar-refractivity contribution in [1.29, 1.82) is 0 Å². The predicted molar refractivity (Wildman–Crippen MR) is 74.0 cm³/mol. The van der Waals surface area contributed by atoms with Crippen LogP contribution in [-0.4, -0.2) is 18.7 Å². The largest absolute Gasteiger partial charge is 0.496 e. The summed E-state index contributed by atoms with van der Waals surface area (Å²) in [6, 6.07) is 10.6. The number of aromatic nitrogens is 1. The molecule has 2 aromatic rings. The summed E-state index contributed by atoms with van der Waals surface area (Å²) in [6.45, 7) is 1.67. The lowest BCUT2D eigenvalue weighted by Gasteiger charge is -2.05. The maximum Gasteiger partial charge on any atom is 0.231 e. The standard InChI is InChI=1S/C16H16NO3/c1-12(18)13-6-5-9-17(10-13)11-15(19)14-7-3-4-8-16(14)20-2/h3-10H,11H2,1-2H3/q+1. The fourth-order valence-electron chi connectivity index (χ4n) is 1.95. The average Bonchev–Trinajstić information content (AvgIpc) is 2.47. The molecule has 0 N–H and O–H groups in total. The Morgan fingerprint density at radius 3 is 2.60 bits per heavy atom. The summed E-state index contributed by atoms with van der Waals surface area (Å²) in [5, 5.41) is 0. The minimum atomic E-state index is -0.0619. The van der Waals surface area contributed by atoms with Gasteiger partial charge < -0.3 is 4.74 Å². The zero-order valence-electron chi connectivity index (χ0n) is 11.5. The van der Waals surface area contributed by atoms with E-state index in [4.69, 9.17) is 4.74 Å². The van der Waals surface area contributed by atoms with Crippen LogP contribution in [0.3, 0.4) is 0 Å². The van der Waals surface area contributed by atoms with E-state index in [1.807, 2.05) is 6.07 Å². The molecule has 0 spiro atoms. The van der Waals surface area contributed by atoms with Crippen molar-refractivity contribution < 1.29 is 18.9 Å². The Labute approximate surface area is 117 Å². The number of para-hydroxylation sites is 1. The Morgan fingerprint density at radius 1 is 1.15 bits per heavy atom. The van der Waals surface area contributed by atoms with Crippen LogP contribution >= 0.6 is 0 Å². The average molecular weight is 270 g/mol. The van der Waals surface area contributed by atoms with Gasteiger partial charge in [0.05, 0.1) is 18.2 Å². The fourth-order valence-corrected chi connectivity index (χ4v) is 1.95. The molecule has 0 radical (unpaired) electrons. The van der Waals surface area contributed by atoms with Crippen LogP contribution in [0.2, 0.25) is 0 Å². The Hall–Kier alpha value is -2.49. The third kappa shape index (κ3) is 3.09. The minimum Gasteiger partial charge on any atom is -0.496 e. The van der Waals surface area contributed by atoms with E-state index in [0.717, 1.165) is 0 Å². The van der Waals surface area contributed by atoms with E-state index in [2.05, 4.69) is 0 Å². The van der Waals surface area contributed by atoms with Crippen LogP contribution in [0.1, 0.15) is 27.6 Å². The third-order valence-electron chi connectivity index (χ3n) is 3.00. The molecule has 0 atom stereocenters. The van der Waals surface area contributed by atoms with Gasteiger partial charge in [0.2, 0.25) is 12.3 Å². The normalized spacial score (nSPS) is 10.1. The van der Waals surface area contributed by atoms with Crippen molar-refractivity contribution in [2.45, 2.75) is 13.5 Å². The highest BCUT2D eigenvalue weighted by Crippen LogP contribution is 2.17. The first-order valence-electron chi connectivity index (χ1n) is 6.28. The Bertz CT molecular complexity index is 650. The van der Waals surface area contributed by atoms with Crippen LogP contribution in [-0.2, 0) is 6.54 Å². The fraction of sp³-hybridized carbons (Fsp3) is 0.188. The summed E-state index contributed by atoms with van der Waals surface area (Å²) >= 11 is 0. The van der Waals surface area contributed by atoms with Gasteiger partial charge in [0.15, 0.2) is 18.2 Å². The molecule has 1 aromatic carbocycles. The molecule has 0 aliphatic rings. The van der Waals surface area contributed by atoms with Crippen molar-refractivity contribution >= 4 is 11.6 Å². The number of Topliss-reactive ketones (excluding diaryl/α,β-unsaturated/α-hetero) is 2. The topological polar surface area (TPSA) is 47.2 Å². The second-order valence-electron chi connectivity index (χ2n) is 4.44. The van der Waals surface area contributed by atoms with E-state index in [1.54, 1.807) is 47.3 Å². The number of ether oxygens (including phenoxy) is 1. The smallest absolute Gasteiger partial charge is 0.231 e. The molecule has 0 unspecified atom stereocenters. The van der Waals surface area contributed by atoms with Crippen LogP contribution in [0.15, 0.2) is 48.8 Å². The molecular formula is C16H16NO3+. The molecular weight excluding hydrogens is 254 g/mol. The number of rotatable bonds is 5. The number of ketones is 2. The molecule has 102 valence electrons. The van der Waals surface area contributed by atoms with Crippen molar-refractivity contribution in [2.75, 3.05) is 7.11 Å². The van der Waals surface area contributed by atoms with Crippen LogP contribution in [0, 0.1) is 0 Å². The molecule has 1 heterocycles. The van der Waals surface area contributed by atoms with Gasteiger partial charge in [0, 0.05) is 6.07 Å². The first kappa shape index (κ1) is 13.9. The summed E-state index contributed by atoms with van der Waals surface area (Å²) in [5.74, 6) is 0.470. The molecule has 4 nitrogen and oxygen atoms in total. The molecule has 0 saturated heterocycles. The van der Waals surface area contributed by atoms with E-state index in [-0.39, 0.29) is 18.1 Å². The number of pyridine rings is 1. The quantitative estimate of drug-likeness (QED) is 0.617. The summed E-state index contributed by atoms with van der Waals surface area (Å²) < 4.78 is 6.88. The molecule has 0 fully saturated rings. The summed E-state index contributed by atoms with van der Waals surface area (Å²) in [4.78, 5) is 23.6. The summed E-state index contributed by atoms with van der Waals surface area (Å²) in [5.41, 5.74) is 1.12. The highest BCUT2D eigenvalue weighted by atomic mass is 16.5. The molecule has 0 saturated carbocycles. The van der Waals surface area contributed by atoms with Gasteiger partial charge in [-0.1, -0.05) is 12.1 Å². The lowest BCUT2D eigenvalue weighted by molar-refractivity contribution is -0.683. The van der Waals surface area contributed by atoms with Gasteiger partial charge in [-0.25, -0.2) is 0 Å². The number of carbonyl (C=O) groups is 2. The van der Waals surface area contributed by atoms with Gasteiger partial charge in [-0.15, -0.1) is 0 Å². The van der Waals surface area contributed by atoms with Crippen LogP contribution in [0.25, 0.3) is 0 Å². The van der Waals surface area contributed by atoms with Gasteiger partial charge in [0.1, 0.15) is 5.75 Å². The second kappa shape index (κ2) is 6.10. The highest BCUT2D eigenvalue weighted by Gasteiger charge is 2.17. The van der Waals surface area contributed by atoms with Gasteiger partial charge in [-0.05, 0) is 25.1 Å². The third-order valence-corrected chi connectivity index (χ3v) is 3.00. The number of hydrogen-bond donors (Lipinski definition) is 0. The number of carbonyl (C=O) groups excluding carboxylic acids is 2. The second-order valence-corrected chi connectivity index (χ2v) is 4.44. The number of methoxy groups -OCH3 is 1. The lowest BCUT2D eigenvalue weighted by Crippen LogP contribution is -2.38. The van der Waals surface area contributed by atoms with Crippen LogP contribution in [0.5, 0.6) is 5.75 Å². The SMILES string of the molecule is COc1ccccc1C(=O)C[n+]1cccc(C(C)=O)c1. The lowest BCUT2D eigenvalue weighted by atomic mass is 10.1. The first-order chi connectivity index (χ1) is 9.61. The first-order valence-corrected chi connectivity index (χ1v) is 6.28. The van der Waals surface area contributed by atoms with E-state index >= 15 is 0 Å². The van der Waals surface area contributed by atoms with Gasteiger partial charge in [0.25, 0.3) is 0 Å². The monoisotopic (exact) mass is 270 g/mol. The van der Waals surface area contributed by atoms with Crippen molar-refractivity contribution in [1.82, 2.24) is 0 Å². The van der Waals surface area contributed by atoms with Gasteiger partial charge in [-0.3, -0.25) is 9.59 Å².